The van der Waals surface area contributed by atoms with Crippen molar-refractivity contribution in [3.63, 3.8) is 0 Å². The summed E-state index contributed by atoms with van der Waals surface area (Å²) in [7, 11) is 0. The van der Waals surface area contributed by atoms with Crippen molar-refractivity contribution in [2.24, 2.45) is 32.9 Å². The zero-order chi connectivity index (χ0) is 56.6. The van der Waals surface area contributed by atoms with E-state index in [0.717, 1.165) is 4.88 Å². The number of carboxylic acid groups (broad SMARTS) is 1. The lowest BCUT2D eigenvalue weighted by Gasteiger charge is -2.31. The molecule has 2 aliphatic heterocycles. The second-order valence-corrected chi connectivity index (χ2v) is 20.7. The van der Waals surface area contributed by atoms with Crippen LogP contribution in [0.15, 0.2) is 75.3 Å². The van der Waals surface area contributed by atoms with E-state index < -0.39 is 102 Å². The first-order valence-corrected chi connectivity index (χ1v) is 27.3. The summed E-state index contributed by atoms with van der Waals surface area (Å²) in [5, 5.41) is 37.1. The summed E-state index contributed by atoms with van der Waals surface area (Å²) in [5.74, 6) is -6.25. The van der Waals surface area contributed by atoms with Gasteiger partial charge in [-0.25, -0.2) is 15.6 Å². The fourth-order valence-corrected chi connectivity index (χ4v) is 10.4. The summed E-state index contributed by atoms with van der Waals surface area (Å²) in [6.45, 7) is -0.334. The zero-order valence-corrected chi connectivity index (χ0v) is 44.7. The molecule has 5 rings (SSSR count). The first-order valence-electron chi connectivity index (χ1n) is 25.6. The molecule has 0 unspecified atom stereocenters. The highest BCUT2D eigenvalue weighted by Crippen LogP contribution is 2.25. The molecule has 3 aromatic rings. The molecule has 2 aliphatic rings. The molecule has 28 heteroatoms. The van der Waals surface area contributed by atoms with Gasteiger partial charge in [0.25, 0.3) is 0 Å². The monoisotopic (exact) mass is 1120 g/mol. The Morgan fingerprint density at radius 2 is 1.17 bits per heavy atom. The Kier molecular flexibility index (Phi) is 24.9. The van der Waals surface area contributed by atoms with Crippen molar-refractivity contribution in [1.29, 1.82) is 0 Å². The molecule has 1 aromatic carbocycles. The van der Waals surface area contributed by atoms with Crippen molar-refractivity contribution in [2.45, 2.75) is 119 Å². The van der Waals surface area contributed by atoms with Gasteiger partial charge in [-0.3, -0.25) is 43.5 Å². The Morgan fingerprint density at radius 1 is 0.641 bits per heavy atom. The number of hydrogen-bond acceptors (Lipinski definition) is 16. The zero-order valence-electron chi connectivity index (χ0n) is 43.1. The van der Waals surface area contributed by atoms with Gasteiger partial charge in [0.05, 0.1) is 19.2 Å². The van der Waals surface area contributed by atoms with E-state index in [4.69, 9.17) is 22.9 Å². The van der Waals surface area contributed by atoms with E-state index in [1.807, 2.05) is 0 Å². The molecule has 78 heavy (non-hydrogen) atoms. The lowest BCUT2D eigenvalue weighted by Crippen LogP contribution is -2.61. The lowest BCUT2D eigenvalue weighted by atomic mass is 10.0. The van der Waals surface area contributed by atoms with Gasteiger partial charge in [0.15, 0.2) is 11.9 Å². The van der Waals surface area contributed by atoms with Crippen molar-refractivity contribution in [2.75, 3.05) is 39.3 Å². The van der Waals surface area contributed by atoms with Gasteiger partial charge in [0.2, 0.25) is 41.4 Å². The van der Waals surface area contributed by atoms with Crippen LogP contribution < -0.4 is 60.4 Å². The normalized spacial score (nSPS) is 17.2. The van der Waals surface area contributed by atoms with E-state index in [0.29, 0.717) is 48.8 Å². The number of carboxylic acids is 1. The third-order valence-corrected chi connectivity index (χ3v) is 14.7. The molecule has 0 bridgehead atoms. The number of nitrogens with zero attached hydrogens (tertiary/aromatic N) is 4. The number of hydrazine groups is 1. The van der Waals surface area contributed by atoms with Crippen molar-refractivity contribution < 1.29 is 53.4 Å². The van der Waals surface area contributed by atoms with E-state index in [1.54, 1.807) is 65.4 Å². The van der Waals surface area contributed by atoms with Gasteiger partial charge in [-0.1, -0.05) is 42.5 Å². The Hall–Kier alpha value is -7.53. The minimum absolute atomic E-state index is 0.0265. The highest BCUT2D eigenvalue weighted by atomic mass is 32.1. The van der Waals surface area contributed by atoms with Crippen molar-refractivity contribution in [3.05, 3.63) is 80.7 Å². The number of nitrogens with two attached hydrogens (primary N) is 4. The standard InChI is InChI=1S/C50H71N15O11S2/c51-49(52)55-18-4-12-31(28-66)58-46(73)39-16-6-21-65(39)47(74)40-17-7-20-64(40)41(68)27-57-63-37(26-33-14-9-23-78-33)44(71)62-38(29-67)45(72)60-35(24-30-10-2-1-3-11-30)42(69)61-36(25-32-13-8-22-77-32)43(70)59-34(48(75)76)15-5-19-56-50(53)54/h1-3,8-11,13-14,22-23,28,31,34-40,57,63,67H,4-7,12,15-21,24-27,29H2,(H,58,73)(H,59,70)(H,60,72)(H,61,69)(H,62,71)(H,75,76)(H4,51,52,55)(H4,53,54,56)/t31-,34-,35+,36-,37-,38-,39-,40-/m0/s1. The van der Waals surface area contributed by atoms with Crippen LogP contribution in [0.3, 0.4) is 0 Å². The van der Waals surface area contributed by atoms with E-state index in [9.17, 15) is 53.4 Å². The minimum atomic E-state index is -1.61. The number of rotatable bonds is 32. The molecule has 2 fully saturated rings. The maximum atomic E-state index is 14.3. The third-order valence-electron chi connectivity index (χ3n) is 12.9. The molecule has 4 heterocycles. The summed E-state index contributed by atoms with van der Waals surface area (Å²) >= 11 is 2.66. The number of aldehydes is 1. The van der Waals surface area contributed by atoms with Crippen LogP contribution in [0.5, 0.6) is 0 Å². The molecule has 0 spiro atoms. The number of carbonyl (C=O) groups is 9. The van der Waals surface area contributed by atoms with Crippen LogP contribution in [0.25, 0.3) is 0 Å². The van der Waals surface area contributed by atoms with Crippen LogP contribution in [0.4, 0.5) is 0 Å². The van der Waals surface area contributed by atoms with Crippen LogP contribution >= 0.6 is 22.7 Å². The average molecular weight is 1120 g/mol. The summed E-state index contributed by atoms with van der Waals surface area (Å²) < 4.78 is 0. The number of benzene rings is 1. The molecule has 0 aliphatic carbocycles. The quantitative estimate of drug-likeness (QED) is 0.00980. The minimum Gasteiger partial charge on any atom is -0.480 e. The van der Waals surface area contributed by atoms with Crippen LogP contribution in [0.1, 0.15) is 66.7 Å². The smallest absolute Gasteiger partial charge is 0.326 e. The molecule has 17 N–H and O–H groups in total. The van der Waals surface area contributed by atoms with Gasteiger partial charge in [-0.15, -0.1) is 22.7 Å². The Balaban J connectivity index is 1.23. The molecule has 26 nitrogen and oxygen atoms in total. The highest BCUT2D eigenvalue weighted by molar-refractivity contribution is 7.10. The number of likely N-dealkylation sites (tertiary alicyclic amines) is 2. The Morgan fingerprint density at radius 3 is 1.73 bits per heavy atom. The summed E-state index contributed by atoms with van der Waals surface area (Å²) in [4.78, 5) is 133. The summed E-state index contributed by atoms with van der Waals surface area (Å²) in [6, 6.07) is 6.40. The highest BCUT2D eigenvalue weighted by Gasteiger charge is 2.42. The first kappa shape index (κ1) is 61.3. The molecular weight excluding hydrogens is 1050 g/mol. The average Bonchev–Trinajstić information content (AvgIpc) is 4.30. The van der Waals surface area contributed by atoms with Gasteiger partial charge in [0.1, 0.15) is 48.6 Å². The van der Waals surface area contributed by atoms with Gasteiger partial charge < -0.3 is 74.3 Å². The van der Waals surface area contributed by atoms with Crippen molar-refractivity contribution >= 4 is 88.2 Å². The maximum Gasteiger partial charge on any atom is 0.326 e. The van der Waals surface area contributed by atoms with E-state index >= 15 is 0 Å². The molecule has 424 valence electrons. The number of aliphatic imine (C=N–C) groups is 2. The molecule has 8 atom stereocenters. The number of aliphatic hydroxyl groups excluding tert-OH is 1. The molecule has 0 radical (unpaired) electrons. The topological polar surface area (TPSA) is 414 Å². The predicted octanol–water partition coefficient (Wildman–Crippen LogP) is -2.91. The number of guanidine groups is 2. The van der Waals surface area contributed by atoms with Gasteiger partial charge >= 0.3 is 5.97 Å². The van der Waals surface area contributed by atoms with Crippen LogP contribution in [-0.4, -0.2) is 173 Å². The van der Waals surface area contributed by atoms with Crippen molar-refractivity contribution in [3.8, 4) is 0 Å². The SMILES string of the molecule is NC(N)=NCCC[C@@H](C=O)NC(=O)[C@@H]1CCCN1C(=O)[C@@H]1CCCN1C(=O)CNN[C@@H](Cc1cccs1)C(=O)N[C@@H](CO)C(=O)N[C@H](Cc1ccccc1)C(=O)N[C@@H](Cc1cccs1)C(=O)N[C@@H](CCCN=C(N)N)C(=O)O. The molecule has 0 saturated carbocycles. The van der Waals surface area contributed by atoms with Gasteiger partial charge in [-0.2, -0.15) is 0 Å². The fraction of sp³-hybridized carbons (Fsp3) is 0.500. The second kappa shape index (κ2) is 31.6. The largest absolute Gasteiger partial charge is 0.480 e. The van der Waals surface area contributed by atoms with Crippen LogP contribution in [0, 0.1) is 0 Å². The predicted molar refractivity (Wildman–Crippen MR) is 291 cm³/mol. The number of carbonyl (C=O) groups excluding carboxylic acids is 8. The lowest BCUT2D eigenvalue weighted by molar-refractivity contribution is -0.146. The number of hydrogen-bond donors (Lipinski definition) is 13. The number of amides is 7. The molecule has 7 amide bonds. The number of aliphatic hydroxyl groups is 1. The number of aliphatic carboxylic acids is 1. The summed E-state index contributed by atoms with van der Waals surface area (Å²) in [5.41, 5.74) is 27.8. The molecular formula is C50H71N15O11S2. The first-order chi connectivity index (χ1) is 37.5. The maximum absolute atomic E-state index is 14.3. The third kappa shape index (κ3) is 19.5. The molecule has 2 aromatic heterocycles. The van der Waals surface area contributed by atoms with E-state index in [-0.39, 0.29) is 83.2 Å². The van der Waals surface area contributed by atoms with Crippen LogP contribution in [-0.2, 0) is 62.4 Å². The Labute approximate surface area is 458 Å². The molecule has 2 saturated heterocycles. The van der Waals surface area contributed by atoms with Gasteiger partial charge in [0, 0.05) is 55.2 Å². The number of nitrogens with one attached hydrogen (secondary N) is 7. The van der Waals surface area contributed by atoms with Crippen molar-refractivity contribution in [1.82, 2.24) is 47.2 Å². The number of thiophene rings is 2. The second-order valence-electron chi connectivity index (χ2n) is 18.7. The van der Waals surface area contributed by atoms with Gasteiger partial charge in [-0.05, 0) is 79.8 Å². The fourth-order valence-electron chi connectivity index (χ4n) is 8.92. The Bertz CT molecular complexity index is 2530. The van der Waals surface area contributed by atoms with Crippen LogP contribution in [0.2, 0.25) is 0 Å². The van der Waals surface area contributed by atoms with E-state index in [2.05, 4.69) is 47.4 Å². The summed E-state index contributed by atoms with van der Waals surface area (Å²) in [6.07, 6.45) is 3.28. The van der Waals surface area contributed by atoms with E-state index in [1.165, 1.54) is 32.5 Å².